The third-order valence-electron chi connectivity index (χ3n) is 1.53. The number of nitrogens with two attached hydrogens (primary N) is 1. The van der Waals surface area contributed by atoms with Gasteiger partial charge in [0.15, 0.2) is 0 Å². The molecular formula is C9H14N2O. The molecule has 0 saturated heterocycles. The van der Waals surface area contributed by atoms with Crippen LogP contribution in [-0.4, -0.2) is 17.9 Å². The van der Waals surface area contributed by atoms with E-state index >= 15 is 0 Å². The third kappa shape index (κ3) is 3.48. The summed E-state index contributed by atoms with van der Waals surface area (Å²) in [7, 11) is 0. The van der Waals surface area contributed by atoms with E-state index in [4.69, 9.17) is 10.8 Å². The Bertz CT molecular complexity index is 211. The van der Waals surface area contributed by atoms with Gasteiger partial charge in [0, 0.05) is 13.1 Å². The van der Waals surface area contributed by atoms with E-state index in [9.17, 15) is 0 Å². The molecule has 4 N–H and O–H groups in total. The van der Waals surface area contributed by atoms with Gasteiger partial charge in [-0.1, -0.05) is 30.3 Å². The van der Waals surface area contributed by atoms with E-state index in [0.717, 1.165) is 6.54 Å². The average molecular weight is 166 g/mol. The molecule has 0 aromatic heterocycles. The van der Waals surface area contributed by atoms with E-state index in [1.54, 1.807) is 0 Å². The lowest BCUT2D eigenvalue weighted by atomic mass is 10.2. The van der Waals surface area contributed by atoms with E-state index in [1.807, 2.05) is 30.3 Å². The zero-order valence-corrected chi connectivity index (χ0v) is 6.90. The molecule has 66 valence electrons. The van der Waals surface area contributed by atoms with E-state index < -0.39 is 6.23 Å². The Hall–Kier alpha value is -0.900. The maximum atomic E-state index is 8.75. The molecule has 3 nitrogen and oxygen atoms in total. The van der Waals surface area contributed by atoms with Gasteiger partial charge in [0.2, 0.25) is 0 Å². The molecule has 1 rings (SSSR count). The molecule has 1 unspecified atom stereocenters. The Kier molecular flexibility index (Phi) is 3.73. The molecule has 1 aromatic rings. The maximum absolute atomic E-state index is 8.75. The molecule has 0 saturated carbocycles. The third-order valence-corrected chi connectivity index (χ3v) is 1.53. The highest BCUT2D eigenvalue weighted by Gasteiger charge is 1.94. The molecule has 1 atom stereocenters. The topological polar surface area (TPSA) is 58.3 Å². The van der Waals surface area contributed by atoms with Crippen molar-refractivity contribution in [2.24, 2.45) is 5.73 Å². The molecule has 0 heterocycles. The van der Waals surface area contributed by atoms with Gasteiger partial charge in [0.1, 0.15) is 6.23 Å². The minimum absolute atomic E-state index is 0.425. The van der Waals surface area contributed by atoms with Crippen molar-refractivity contribution in [2.75, 3.05) is 6.54 Å². The van der Waals surface area contributed by atoms with Gasteiger partial charge in [-0.3, -0.25) is 0 Å². The summed E-state index contributed by atoms with van der Waals surface area (Å²) < 4.78 is 0. The molecule has 0 amide bonds. The minimum atomic E-state index is -0.770. The monoisotopic (exact) mass is 166 g/mol. The first-order valence-corrected chi connectivity index (χ1v) is 3.97. The van der Waals surface area contributed by atoms with Crippen molar-refractivity contribution < 1.29 is 5.11 Å². The SMILES string of the molecule is NC(O)CNCc1ccccc1. The van der Waals surface area contributed by atoms with Crippen LogP contribution in [0.3, 0.4) is 0 Å². The van der Waals surface area contributed by atoms with Gasteiger partial charge in [-0.25, -0.2) is 0 Å². The number of benzene rings is 1. The van der Waals surface area contributed by atoms with Crippen LogP contribution in [-0.2, 0) is 6.54 Å². The Morgan fingerprint density at radius 2 is 2.00 bits per heavy atom. The van der Waals surface area contributed by atoms with Crippen LogP contribution in [0.25, 0.3) is 0 Å². The van der Waals surface area contributed by atoms with Gasteiger partial charge in [-0.2, -0.15) is 0 Å². The van der Waals surface area contributed by atoms with E-state index in [0.29, 0.717) is 6.54 Å². The number of aliphatic hydroxyl groups excluding tert-OH is 1. The summed E-state index contributed by atoms with van der Waals surface area (Å²) in [5.74, 6) is 0. The van der Waals surface area contributed by atoms with Gasteiger partial charge in [-0.15, -0.1) is 0 Å². The molecule has 0 fully saturated rings. The Balaban J connectivity index is 2.25. The van der Waals surface area contributed by atoms with Gasteiger partial charge in [0.25, 0.3) is 0 Å². The zero-order chi connectivity index (χ0) is 8.81. The van der Waals surface area contributed by atoms with E-state index in [2.05, 4.69) is 5.32 Å². The first kappa shape index (κ1) is 9.19. The van der Waals surface area contributed by atoms with Crippen LogP contribution in [0.4, 0.5) is 0 Å². The van der Waals surface area contributed by atoms with Gasteiger partial charge >= 0.3 is 0 Å². The van der Waals surface area contributed by atoms with Crippen LogP contribution in [0.1, 0.15) is 5.56 Å². The summed E-state index contributed by atoms with van der Waals surface area (Å²) in [6, 6.07) is 9.98. The van der Waals surface area contributed by atoms with Crippen LogP contribution in [0, 0.1) is 0 Å². The standard InChI is InChI=1S/C9H14N2O/c10-9(12)7-11-6-8-4-2-1-3-5-8/h1-5,9,11-12H,6-7,10H2. The highest BCUT2D eigenvalue weighted by atomic mass is 16.3. The summed E-state index contributed by atoms with van der Waals surface area (Å²) in [6.45, 7) is 1.17. The highest BCUT2D eigenvalue weighted by Crippen LogP contribution is 1.96. The molecule has 12 heavy (non-hydrogen) atoms. The maximum Gasteiger partial charge on any atom is 0.115 e. The van der Waals surface area contributed by atoms with Gasteiger partial charge < -0.3 is 16.2 Å². The first-order chi connectivity index (χ1) is 5.79. The quantitative estimate of drug-likeness (QED) is 0.554. The second kappa shape index (κ2) is 4.87. The summed E-state index contributed by atoms with van der Waals surface area (Å²) in [6.07, 6.45) is -0.770. The van der Waals surface area contributed by atoms with Crippen molar-refractivity contribution in [2.45, 2.75) is 12.8 Å². The summed E-state index contributed by atoms with van der Waals surface area (Å²) in [4.78, 5) is 0. The first-order valence-electron chi connectivity index (χ1n) is 3.97. The van der Waals surface area contributed by atoms with Gasteiger partial charge in [0.05, 0.1) is 0 Å². The lowest BCUT2D eigenvalue weighted by Gasteiger charge is -2.06. The molecular weight excluding hydrogens is 152 g/mol. The lowest BCUT2D eigenvalue weighted by molar-refractivity contribution is 0.179. The van der Waals surface area contributed by atoms with Crippen LogP contribution in [0.15, 0.2) is 30.3 Å². The van der Waals surface area contributed by atoms with Crippen molar-refractivity contribution in [3.05, 3.63) is 35.9 Å². The summed E-state index contributed by atoms with van der Waals surface area (Å²) in [5.41, 5.74) is 6.34. The predicted molar refractivity (Wildman–Crippen MR) is 48.3 cm³/mol. The fourth-order valence-electron chi connectivity index (χ4n) is 0.960. The normalized spacial score (nSPS) is 12.8. The zero-order valence-electron chi connectivity index (χ0n) is 6.90. The number of hydrogen-bond acceptors (Lipinski definition) is 3. The van der Waals surface area contributed by atoms with Crippen molar-refractivity contribution in [1.29, 1.82) is 0 Å². The van der Waals surface area contributed by atoms with Crippen molar-refractivity contribution in [3.63, 3.8) is 0 Å². The molecule has 0 aliphatic heterocycles. The van der Waals surface area contributed by atoms with Crippen molar-refractivity contribution >= 4 is 0 Å². The van der Waals surface area contributed by atoms with Crippen LogP contribution < -0.4 is 11.1 Å². The second-order valence-electron chi connectivity index (χ2n) is 2.68. The average Bonchev–Trinajstić information content (AvgIpc) is 2.05. The molecule has 0 spiro atoms. The molecule has 0 aliphatic carbocycles. The molecule has 1 aromatic carbocycles. The smallest absolute Gasteiger partial charge is 0.115 e. The fourth-order valence-corrected chi connectivity index (χ4v) is 0.960. The summed E-state index contributed by atoms with van der Waals surface area (Å²) >= 11 is 0. The van der Waals surface area contributed by atoms with Crippen molar-refractivity contribution in [1.82, 2.24) is 5.32 Å². The summed E-state index contributed by atoms with van der Waals surface area (Å²) in [5, 5.41) is 11.8. The largest absolute Gasteiger partial charge is 0.377 e. The molecule has 0 bridgehead atoms. The molecule has 0 aliphatic rings. The van der Waals surface area contributed by atoms with Crippen LogP contribution >= 0.6 is 0 Å². The second-order valence-corrected chi connectivity index (χ2v) is 2.68. The Morgan fingerprint density at radius 3 is 2.58 bits per heavy atom. The fraction of sp³-hybridized carbons (Fsp3) is 0.333. The lowest BCUT2D eigenvalue weighted by Crippen LogP contribution is -2.32. The Morgan fingerprint density at radius 1 is 1.33 bits per heavy atom. The van der Waals surface area contributed by atoms with Crippen LogP contribution in [0.2, 0.25) is 0 Å². The van der Waals surface area contributed by atoms with E-state index in [1.165, 1.54) is 5.56 Å². The molecule has 0 radical (unpaired) electrons. The number of nitrogens with one attached hydrogen (secondary N) is 1. The number of aliphatic hydroxyl groups is 1. The van der Waals surface area contributed by atoms with Crippen molar-refractivity contribution in [3.8, 4) is 0 Å². The Labute approximate surface area is 72.2 Å². The predicted octanol–water partition coefficient (Wildman–Crippen LogP) is 0.0533. The highest BCUT2D eigenvalue weighted by molar-refractivity contribution is 5.14. The van der Waals surface area contributed by atoms with Crippen LogP contribution in [0.5, 0.6) is 0 Å². The minimum Gasteiger partial charge on any atom is -0.377 e. The number of hydrogen-bond donors (Lipinski definition) is 3. The van der Waals surface area contributed by atoms with Gasteiger partial charge in [-0.05, 0) is 5.56 Å². The molecule has 3 heteroatoms. The van der Waals surface area contributed by atoms with E-state index in [-0.39, 0.29) is 0 Å². The number of rotatable bonds is 4.